The molecule has 25 heavy (non-hydrogen) atoms. The highest BCUT2D eigenvalue weighted by atomic mass is 35.5. The summed E-state index contributed by atoms with van der Waals surface area (Å²) in [5.41, 5.74) is 7.03. The maximum absolute atomic E-state index is 13.5. The second-order valence-electron chi connectivity index (χ2n) is 5.39. The van der Waals surface area contributed by atoms with Gasteiger partial charge in [0.05, 0.1) is 21.8 Å². The van der Waals surface area contributed by atoms with Gasteiger partial charge in [-0.15, -0.1) is 0 Å². The van der Waals surface area contributed by atoms with Crippen molar-refractivity contribution in [2.75, 3.05) is 5.73 Å². The maximum Gasteiger partial charge on any atom is 0.198 e. The van der Waals surface area contributed by atoms with Crippen molar-refractivity contribution in [1.29, 1.82) is 5.26 Å². The van der Waals surface area contributed by atoms with E-state index in [9.17, 15) is 14.4 Å². The van der Waals surface area contributed by atoms with E-state index in [1.807, 2.05) is 6.07 Å². The molecule has 2 N–H and O–H groups in total. The van der Waals surface area contributed by atoms with Crippen molar-refractivity contribution in [1.82, 2.24) is 9.78 Å². The molecule has 0 bridgehead atoms. The lowest BCUT2D eigenvalue weighted by Gasteiger charge is -2.09. The molecule has 3 aromatic rings. The quantitative estimate of drug-likeness (QED) is 0.574. The zero-order valence-electron chi connectivity index (χ0n) is 13.2. The minimum atomic E-state index is -0.633. The fourth-order valence-electron chi connectivity index (χ4n) is 2.77. The Morgan fingerprint density at radius 1 is 1.48 bits per heavy atom. The molecular formula is C18H12ClFN4O. The van der Waals surface area contributed by atoms with Gasteiger partial charge >= 0.3 is 0 Å². The zero-order chi connectivity index (χ0) is 18.3. The number of aromatic nitrogens is 2. The molecule has 1 heterocycles. The Morgan fingerprint density at radius 2 is 2.20 bits per heavy atom. The molecule has 0 unspecified atom stereocenters. The van der Waals surface area contributed by atoms with E-state index < -0.39 is 11.6 Å². The molecular weight excluding hydrogens is 343 g/mol. The number of nitrogens with zero attached hydrogens (tertiary/aromatic N) is 3. The van der Waals surface area contributed by atoms with Gasteiger partial charge in [0.15, 0.2) is 5.78 Å². The Bertz CT molecular complexity index is 1090. The summed E-state index contributed by atoms with van der Waals surface area (Å²) in [7, 11) is 1.69. The summed E-state index contributed by atoms with van der Waals surface area (Å²) in [4.78, 5) is 12.9. The molecule has 0 radical (unpaired) electrons. The Labute approximate surface area is 147 Å². The van der Waals surface area contributed by atoms with Crippen molar-refractivity contribution in [3.8, 4) is 6.07 Å². The smallest absolute Gasteiger partial charge is 0.198 e. The summed E-state index contributed by atoms with van der Waals surface area (Å²) in [5.74, 6) is -1.25. The van der Waals surface area contributed by atoms with E-state index >= 15 is 0 Å². The van der Waals surface area contributed by atoms with Crippen LogP contribution in [0, 0.1) is 17.1 Å². The lowest BCUT2D eigenvalue weighted by atomic mass is 9.94. The maximum atomic E-state index is 13.5. The molecule has 7 heteroatoms. The fraction of sp³-hybridized carbons (Fsp3) is 0.0556. The molecule has 1 aromatic heterocycles. The van der Waals surface area contributed by atoms with Crippen LogP contribution in [0.2, 0.25) is 5.02 Å². The van der Waals surface area contributed by atoms with Crippen LogP contribution in [0.4, 0.5) is 10.1 Å². The fourth-order valence-corrected chi connectivity index (χ4v) is 2.98. The molecule has 0 amide bonds. The van der Waals surface area contributed by atoms with Gasteiger partial charge in [-0.2, -0.15) is 10.4 Å². The minimum Gasteiger partial charge on any atom is -0.398 e. The second kappa shape index (κ2) is 6.04. The molecule has 0 saturated heterocycles. The molecule has 0 saturated carbocycles. The van der Waals surface area contributed by atoms with Gasteiger partial charge < -0.3 is 5.73 Å². The van der Waals surface area contributed by atoms with E-state index in [1.165, 1.54) is 6.07 Å². The predicted molar refractivity (Wildman–Crippen MR) is 94.8 cm³/mol. The summed E-state index contributed by atoms with van der Waals surface area (Å²) < 4.78 is 15.1. The number of rotatable bonds is 3. The van der Waals surface area contributed by atoms with Crippen LogP contribution in [0.1, 0.15) is 27.2 Å². The molecule has 0 fully saturated rings. The number of carbonyl (C=O) groups is 1. The number of carbonyl (C=O) groups excluding carboxylic acids is 1. The first kappa shape index (κ1) is 16.7. The van der Waals surface area contributed by atoms with Gasteiger partial charge in [-0.3, -0.25) is 9.48 Å². The highest BCUT2D eigenvalue weighted by Gasteiger charge is 2.24. The monoisotopic (exact) mass is 354 g/mol. The van der Waals surface area contributed by atoms with E-state index in [-0.39, 0.29) is 27.4 Å². The van der Waals surface area contributed by atoms with Crippen LogP contribution in [0.3, 0.4) is 0 Å². The van der Waals surface area contributed by atoms with Gasteiger partial charge in [-0.05, 0) is 30.3 Å². The van der Waals surface area contributed by atoms with E-state index in [2.05, 4.69) is 11.7 Å². The first-order valence-electron chi connectivity index (χ1n) is 7.20. The normalized spacial score (nSPS) is 10.6. The number of ketones is 1. The molecule has 0 aliphatic heterocycles. The lowest BCUT2D eigenvalue weighted by Crippen LogP contribution is -2.10. The topological polar surface area (TPSA) is 84.7 Å². The van der Waals surface area contributed by atoms with Crippen LogP contribution in [0.25, 0.3) is 17.0 Å². The molecule has 124 valence electrons. The van der Waals surface area contributed by atoms with E-state index in [4.69, 9.17) is 17.3 Å². The largest absolute Gasteiger partial charge is 0.398 e. The minimum absolute atomic E-state index is 0.0176. The predicted octanol–water partition coefficient (Wildman–Crippen LogP) is 3.69. The first-order valence-corrected chi connectivity index (χ1v) is 7.58. The summed E-state index contributed by atoms with van der Waals surface area (Å²) in [6, 6.07) is 6.98. The molecule has 3 rings (SSSR count). The number of nitrogens with two attached hydrogens (primary N) is 1. The Morgan fingerprint density at radius 3 is 2.84 bits per heavy atom. The third-order valence-electron chi connectivity index (χ3n) is 3.91. The number of halogens is 2. The number of nitrogen functional groups attached to an aromatic ring is 1. The number of benzene rings is 2. The van der Waals surface area contributed by atoms with Crippen LogP contribution in [-0.4, -0.2) is 15.6 Å². The highest BCUT2D eigenvalue weighted by molar-refractivity contribution is 6.35. The van der Waals surface area contributed by atoms with E-state index in [0.717, 1.165) is 12.1 Å². The van der Waals surface area contributed by atoms with Gasteiger partial charge in [-0.25, -0.2) is 4.39 Å². The van der Waals surface area contributed by atoms with E-state index in [0.29, 0.717) is 16.6 Å². The molecule has 0 atom stereocenters. The van der Waals surface area contributed by atoms with Crippen LogP contribution < -0.4 is 5.73 Å². The van der Waals surface area contributed by atoms with Crippen molar-refractivity contribution >= 4 is 40.1 Å². The molecule has 2 aromatic carbocycles. The summed E-state index contributed by atoms with van der Waals surface area (Å²) in [6.07, 6.45) is 1.58. The number of nitriles is 1. The van der Waals surface area contributed by atoms with Gasteiger partial charge in [0.2, 0.25) is 0 Å². The number of hydrogen-bond donors (Lipinski definition) is 1. The number of fused-ring (bicyclic) bond motifs is 1. The Balaban J connectivity index is 2.35. The SMILES string of the molecule is C=Cc1c2cc(N)c(C(=O)c3cc(F)ccc3Cl)c(C#N)c2nn1C. The second-order valence-corrected chi connectivity index (χ2v) is 5.80. The lowest BCUT2D eigenvalue weighted by molar-refractivity contribution is 0.103. The third kappa shape index (κ3) is 2.55. The van der Waals surface area contributed by atoms with Gasteiger partial charge in [0.25, 0.3) is 0 Å². The summed E-state index contributed by atoms with van der Waals surface area (Å²) in [6.45, 7) is 3.72. The third-order valence-corrected chi connectivity index (χ3v) is 4.24. The van der Waals surface area contributed by atoms with Crippen molar-refractivity contribution < 1.29 is 9.18 Å². The van der Waals surface area contributed by atoms with Gasteiger partial charge in [0.1, 0.15) is 17.4 Å². The number of anilines is 1. The molecule has 0 spiro atoms. The average Bonchev–Trinajstić information content (AvgIpc) is 2.89. The summed E-state index contributed by atoms with van der Waals surface area (Å²) in [5, 5.41) is 14.6. The standard InChI is InChI=1S/C18H12ClFN4O/c1-3-15-11-7-14(22)16(12(8-21)17(11)23-24(15)2)18(25)10-6-9(20)4-5-13(10)19/h3-7H,1,22H2,2H3. The van der Waals surface area contributed by atoms with Crippen LogP contribution in [0.5, 0.6) is 0 Å². The number of hydrogen-bond acceptors (Lipinski definition) is 4. The first-order chi connectivity index (χ1) is 11.9. The van der Waals surface area contributed by atoms with Crippen LogP contribution in [-0.2, 0) is 7.05 Å². The number of aryl methyl sites for hydroxylation is 1. The van der Waals surface area contributed by atoms with Crippen molar-refractivity contribution in [3.05, 3.63) is 64.1 Å². The van der Waals surface area contributed by atoms with Crippen molar-refractivity contribution in [2.24, 2.45) is 7.05 Å². The van der Waals surface area contributed by atoms with Gasteiger partial charge in [-0.1, -0.05) is 18.2 Å². The molecule has 5 nitrogen and oxygen atoms in total. The van der Waals surface area contributed by atoms with Crippen molar-refractivity contribution in [3.63, 3.8) is 0 Å². The van der Waals surface area contributed by atoms with E-state index in [1.54, 1.807) is 23.9 Å². The average molecular weight is 355 g/mol. The van der Waals surface area contributed by atoms with Crippen LogP contribution in [0.15, 0.2) is 30.8 Å². The van der Waals surface area contributed by atoms with Crippen molar-refractivity contribution in [2.45, 2.75) is 0 Å². The van der Waals surface area contributed by atoms with Crippen LogP contribution >= 0.6 is 11.6 Å². The Kier molecular flexibility index (Phi) is 4.03. The van der Waals surface area contributed by atoms with Gasteiger partial charge in [0, 0.05) is 23.7 Å². The molecule has 0 aliphatic rings. The highest BCUT2D eigenvalue weighted by Crippen LogP contribution is 2.32. The zero-order valence-corrected chi connectivity index (χ0v) is 13.9. The summed E-state index contributed by atoms with van der Waals surface area (Å²) >= 11 is 6.01. The molecule has 0 aliphatic carbocycles. The Hall–Kier alpha value is -3.17.